The number of amides is 2. The Bertz CT molecular complexity index is 392. The Hall–Kier alpha value is 0.0719. The largest absolute Gasteiger partial charge is 0.539 e. The van der Waals surface area contributed by atoms with E-state index in [1.165, 1.54) is 0 Å². The van der Waals surface area contributed by atoms with Crippen molar-refractivity contribution in [3.8, 4) is 0 Å². The van der Waals surface area contributed by atoms with Crippen molar-refractivity contribution >= 4 is 11.8 Å². The predicted octanol–water partition coefficient (Wildman–Crippen LogP) is 1.26. The van der Waals surface area contributed by atoms with E-state index >= 15 is 0 Å². The van der Waals surface area contributed by atoms with Crippen molar-refractivity contribution in [1.29, 1.82) is 0 Å². The molecule has 22 heavy (non-hydrogen) atoms. The van der Waals surface area contributed by atoms with Gasteiger partial charge in [-0.25, -0.2) is 4.79 Å². The van der Waals surface area contributed by atoms with Crippen LogP contribution in [0.5, 0.6) is 0 Å². The van der Waals surface area contributed by atoms with Gasteiger partial charge >= 0.3 is 5.91 Å². The van der Waals surface area contributed by atoms with Crippen molar-refractivity contribution in [2.45, 2.75) is 45.1 Å². The fraction of sp³-hybridized carbons (Fsp3) is 0.800. The van der Waals surface area contributed by atoms with Gasteiger partial charge < -0.3 is 9.47 Å². The van der Waals surface area contributed by atoms with E-state index in [1.807, 2.05) is 0 Å². The summed E-state index contributed by atoms with van der Waals surface area (Å²) < 4.78 is 10.8. The van der Waals surface area contributed by atoms with Crippen molar-refractivity contribution in [1.82, 2.24) is 5.01 Å². The summed E-state index contributed by atoms with van der Waals surface area (Å²) in [4.78, 5) is 25.0. The van der Waals surface area contributed by atoms with Gasteiger partial charge in [0.25, 0.3) is 5.91 Å². The molecular formula is C15H26N2O4U. The summed E-state index contributed by atoms with van der Waals surface area (Å²) in [5.74, 6) is 0.0736. The average molecular weight is 536 g/mol. The summed E-state index contributed by atoms with van der Waals surface area (Å²) in [6.07, 6.45) is 4.31. The SMILES string of the molecule is COCC1C[N+]2(C[CH-]O1)C(=O)CCCCCCN2C(C)=O.[U]. The third-order valence-electron chi connectivity index (χ3n) is 4.32. The van der Waals surface area contributed by atoms with Crippen LogP contribution in [0.2, 0.25) is 0 Å². The van der Waals surface area contributed by atoms with Gasteiger partial charge in [0.05, 0.1) is 19.6 Å². The Kier molecular flexibility index (Phi) is 8.58. The van der Waals surface area contributed by atoms with Gasteiger partial charge in [0, 0.05) is 51.7 Å². The number of methoxy groups -OCH3 is 1. The summed E-state index contributed by atoms with van der Waals surface area (Å²) in [5, 5.41) is 1.73. The molecule has 0 bridgehead atoms. The second-order valence-corrected chi connectivity index (χ2v) is 5.87. The molecule has 2 atom stereocenters. The third kappa shape index (κ3) is 4.55. The van der Waals surface area contributed by atoms with E-state index in [9.17, 15) is 9.59 Å². The molecule has 2 saturated heterocycles. The first-order valence-electron chi connectivity index (χ1n) is 7.75. The van der Waals surface area contributed by atoms with Crippen molar-refractivity contribution in [3.63, 3.8) is 0 Å². The Balaban J connectivity index is 0.00000242. The van der Waals surface area contributed by atoms with Crippen LogP contribution in [-0.4, -0.2) is 60.9 Å². The average Bonchev–Trinajstić information content (AvgIpc) is 2.52. The maximum Gasteiger partial charge on any atom is 0.336 e. The molecule has 2 heterocycles. The van der Waals surface area contributed by atoms with E-state index in [1.54, 1.807) is 25.6 Å². The maximum atomic E-state index is 12.8. The zero-order valence-electron chi connectivity index (χ0n) is 13.5. The van der Waals surface area contributed by atoms with Crippen LogP contribution in [0.15, 0.2) is 0 Å². The van der Waals surface area contributed by atoms with E-state index in [4.69, 9.17) is 9.47 Å². The molecule has 7 heteroatoms. The van der Waals surface area contributed by atoms with Crippen LogP contribution in [0.3, 0.4) is 0 Å². The molecule has 0 aromatic heterocycles. The van der Waals surface area contributed by atoms with E-state index in [0.29, 0.717) is 32.7 Å². The molecule has 2 amide bonds. The van der Waals surface area contributed by atoms with Gasteiger partial charge in [0.1, 0.15) is 12.6 Å². The zero-order chi connectivity index (χ0) is 15.3. The summed E-state index contributed by atoms with van der Waals surface area (Å²) in [5.41, 5.74) is 0. The molecule has 2 fully saturated rings. The Morgan fingerprint density at radius 3 is 2.82 bits per heavy atom. The topological polar surface area (TPSA) is 55.8 Å². The molecular weight excluding hydrogens is 510 g/mol. The molecule has 2 rings (SSSR count). The fourth-order valence-corrected chi connectivity index (χ4v) is 3.29. The number of carbonyl (C=O) groups excluding carboxylic acids is 2. The van der Waals surface area contributed by atoms with E-state index in [2.05, 4.69) is 0 Å². The summed E-state index contributed by atoms with van der Waals surface area (Å²) in [7, 11) is 1.62. The first kappa shape index (κ1) is 20.1. The number of nitrogens with zero attached hydrogens (tertiary/aromatic N) is 2. The monoisotopic (exact) mass is 536 g/mol. The molecule has 0 radical (unpaired) electrons. The number of quaternary nitrogens is 1. The van der Waals surface area contributed by atoms with Crippen LogP contribution in [0.25, 0.3) is 0 Å². The van der Waals surface area contributed by atoms with Crippen molar-refractivity contribution in [2.75, 3.05) is 33.4 Å². The number of hydrogen-bond acceptors (Lipinski definition) is 4. The Labute approximate surface area is 156 Å². The summed E-state index contributed by atoms with van der Waals surface area (Å²) >= 11 is 0. The van der Waals surface area contributed by atoms with E-state index in [-0.39, 0.29) is 53.6 Å². The quantitative estimate of drug-likeness (QED) is 0.394. The van der Waals surface area contributed by atoms with Gasteiger partial charge in [-0.05, 0) is 12.8 Å². The molecule has 0 saturated carbocycles. The molecule has 2 unspecified atom stereocenters. The molecule has 1 spiro atoms. The summed E-state index contributed by atoms with van der Waals surface area (Å²) in [6, 6.07) is 0. The number of carbonyl (C=O) groups is 2. The number of ether oxygens (including phenoxy) is 2. The zero-order valence-corrected chi connectivity index (χ0v) is 17.7. The van der Waals surface area contributed by atoms with Gasteiger partial charge in [-0.3, -0.25) is 4.79 Å². The Morgan fingerprint density at radius 1 is 1.41 bits per heavy atom. The molecule has 0 N–H and O–H groups in total. The molecule has 0 aromatic rings. The smallest absolute Gasteiger partial charge is 0.336 e. The van der Waals surface area contributed by atoms with Crippen molar-refractivity contribution < 1.29 is 54.8 Å². The van der Waals surface area contributed by atoms with Crippen LogP contribution in [0.1, 0.15) is 39.0 Å². The normalized spacial score (nSPS) is 30.2. The van der Waals surface area contributed by atoms with Crippen LogP contribution in [0.4, 0.5) is 0 Å². The van der Waals surface area contributed by atoms with Crippen LogP contribution in [-0.2, 0) is 19.1 Å². The van der Waals surface area contributed by atoms with Gasteiger partial charge in [-0.15, -0.1) is 0 Å². The number of morpholine rings is 1. The number of rotatable bonds is 2. The van der Waals surface area contributed by atoms with E-state index in [0.717, 1.165) is 25.7 Å². The maximum absolute atomic E-state index is 12.8. The van der Waals surface area contributed by atoms with E-state index < -0.39 is 0 Å². The molecule has 124 valence electrons. The molecule has 0 aliphatic carbocycles. The minimum absolute atomic E-state index is 0. The molecule has 6 nitrogen and oxygen atoms in total. The fourth-order valence-electron chi connectivity index (χ4n) is 3.29. The second kappa shape index (κ2) is 9.39. The third-order valence-corrected chi connectivity index (χ3v) is 4.32. The standard InChI is InChI=1S/C15H26N2O4.U/c1-13(18)16-8-6-4-3-5-7-15(19)17(16)9-10-21-14(11-17)12-20-2;/h10,14H,3-9,11-12H2,1-2H3;. The molecule has 2 aliphatic rings. The first-order valence-corrected chi connectivity index (χ1v) is 7.75. The molecule has 0 aromatic carbocycles. The number of hydrogen-bond donors (Lipinski definition) is 0. The molecule has 2 aliphatic heterocycles. The van der Waals surface area contributed by atoms with Crippen LogP contribution < -0.4 is 0 Å². The summed E-state index contributed by atoms with van der Waals surface area (Å²) in [6.45, 7) is 5.18. The van der Waals surface area contributed by atoms with Crippen molar-refractivity contribution in [3.05, 3.63) is 6.61 Å². The van der Waals surface area contributed by atoms with Gasteiger partial charge in [-0.2, -0.15) is 16.2 Å². The van der Waals surface area contributed by atoms with Crippen molar-refractivity contribution in [2.24, 2.45) is 0 Å². The first-order chi connectivity index (χ1) is 10.1. The Morgan fingerprint density at radius 2 is 2.14 bits per heavy atom. The minimum atomic E-state index is -0.185. The van der Waals surface area contributed by atoms with Crippen LogP contribution >= 0.6 is 0 Å². The van der Waals surface area contributed by atoms with Crippen LogP contribution in [0, 0.1) is 37.7 Å². The predicted molar refractivity (Wildman–Crippen MR) is 76.5 cm³/mol. The van der Waals surface area contributed by atoms with Gasteiger partial charge in [0.2, 0.25) is 0 Å². The second-order valence-electron chi connectivity index (χ2n) is 5.87. The van der Waals surface area contributed by atoms with Gasteiger partial charge in [0.15, 0.2) is 0 Å². The minimum Gasteiger partial charge on any atom is -0.539 e. The van der Waals surface area contributed by atoms with Gasteiger partial charge in [-0.1, -0.05) is 12.8 Å².